The van der Waals surface area contributed by atoms with E-state index in [0.29, 0.717) is 5.69 Å². The number of aryl methyl sites for hydroxylation is 2. The SMILES string of the molecule is Cc1cccc(C)c1NC(=O)NP(=O)(OC(C)C)OC(C)C. The monoisotopic (exact) mass is 328 g/mol. The summed E-state index contributed by atoms with van der Waals surface area (Å²) in [5.74, 6) is 0. The third-order valence-electron chi connectivity index (χ3n) is 2.66. The number of anilines is 1. The summed E-state index contributed by atoms with van der Waals surface area (Å²) >= 11 is 0. The molecule has 124 valence electrons. The van der Waals surface area contributed by atoms with Gasteiger partial charge in [0.1, 0.15) is 0 Å². The van der Waals surface area contributed by atoms with Crippen molar-refractivity contribution >= 4 is 19.5 Å². The molecule has 0 atom stereocenters. The lowest BCUT2D eigenvalue weighted by molar-refractivity contribution is 0.137. The molecule has 0 bridgehead atoms. The lowest BCUT2D eigenvalue weighted by atomic mass is 10.1. The van der Waals surface area contributed by atoms with Crippen LogP contribution in [0.15, 0.2) is 18.2 Å². The predicted octanol–water partition coefficient (Wildman–Crippen LogP) is 4.38. The number of carbonyl (C=O) groups excluding carboxylic acids is 1. The molecule has 0 heterocycles. The average Bonchev–Trinajstić information content (AvgIpc) is 2.31. The molecular weight excluding hydrogens is 303 g/mol. The van der Waals surface area contributed by atoms with Crippen molar-refractivity contribution in [2.75, 3.05) is 5.32 Å². The Balaban J connectivity index is 2.85. The summed E-state index contributed by atoms with van der Waals surface area (Å²) in [4.78, 5) is 12.1. The number of amides is 2. The van der Waals surface area contributed by atoms with Crippen molar-refractivity contribution in [1.82, 2.24) is 5.09 Å². The molecule has 0 aliphatic rings. The highest BCUT2D eigenvalue weighted by molar-refractivity contribution is 7.52. The Morgan fingerprint density at radius 3 is 1.91 bits per heavy atom. The minimum Gasteiger partial charge on any atom is -0.307 e. The number of para-hydroxylation sites is 1. The molecule has 6 nitrogen and oxygen atoms in total. The Hall–Kier alpha value is -1.36. The maximum atomic E-state index is 12.6. The Morgan fingerprint density at radius 1 is 1.05 bits per heavy atom. The van der Waals surface area contributed by atoms with E-state index in [1.165, 1.54) is 0 Å². The highest BCUT2D eigenvalue weighted by Crippen LogP contribution is 2.46. The maximum absolute atomic E-state index is 12.6. The van der Waals surface area contributed by atoms with Crippen molar-refractivity contribution < 1.29 is 18.4 Å². The van der Waals surface area contributed by atoms with Gasteiger partial charge in [-0.2, -0.15) is 0 Å². The van der Waals surface area contributed by atoms with E-state index >= 15 is 0 Å². The maximum Gasteiger partial charge on any atom is 0.436 e. The van der Waals surface area contributed by atoms with Gasteiger partial charge in [-0.15, -0.1) is 0 Å². The molecule has 2 amide bonds. The summed E-state index contributed by atoms with van der Waals surface area (Å²) in [7, 11) is -3.72. The van der Waals surface area contributed by atoms with Gasteiger partial charge in [0.2, 0.25) is 0 Å². The van der Waals surface area contributed by atoms with Crippen molar-refractivity contribution in [3.63, 3.8) is 0 Å². The summed E-state index contributed by atoms with van der Waals surface area (Å²) in [6, 6.07) is 5.05. The van der Waals surface area contributed by atoms with Crippen LogP contribution >= 0.6 is 7.75 Å². The van der Waals surface area contributed by atoms with Gasteiger partial charge in [-0.25, -0.2) is 14.4 Å². The van der Waals surface area contributed by atoms with Gasteiger partial charge in [0.25, 0.3) is 0 Å². The van der Waals surface area contributed by atoms with E-state index in [4.69, 9.17) is 9.05 Å². The standard InChI is InChI=1S/C15H25N2O4P/c1-10(2)20-22(19,21-11(3)4)17-15(18)16-14-12(5)8-7-9-13(14)6/h7-11H,1-6H3,(H2,16,17,18,19). The van der Waals surface area contributed by atoms with E-state index in [1.54, 1.807) is 27.7 Å². The molecule has 7 heteroatoms. The molecule has 1 rings (SSSR count). The zero-order chi connectivity index (χ0) is 16.9. The van der Waals surface area contributed by atoms with Crippen LogP contribution < -0.4 is 10.4 Å². The first-order chi connectivity index (χ1) is 10.1. The number of hydrogen-bond donors (Lipinski definition) is 2. The van der Waals surface area contributed by atoms with Crippen LogP contribution in [0.5, 0.6) is 0 Å². The van der Waals surface area contributed by atoms with Crippen molar-refractivity contribution in [3.05, 3.63) is 29.3 Å². The highest BCUT2D eigenvalue weighted by Gasteiger charge is 2.30. The highest BCUT2D eigenvalue weighted by atomic mass is 31.2. The molecule has 0 aliphatic carbocycles. The average molecular weight is 328 g/mol. The van der Waals surface area contributed by atoms with Crippen molar-refractivity contribution in [2.45, 2.75) is 53.8 Å². The molecule has 0 spiro atoms. The Labute approximate surface area is 132 Å². The lowest BCUT2D eigenvalue weighted by Gasteiger charge is -2.23. The zero-order valence-corrected chi connectivity index (χ0v) is 14.9. The van der Waals surface area contributed by atoms with Gasteiger partial charge in [-0.1, -0.05) is 18.2 Å². The van der Waals surface area contributed by atoms with Gasteiger partial charge in [0.05, 0.1) is 12.2 Å². The largest absolute Gasteiger partial charge is 0.436 e. The number of urea groups is 1. The first kappa shape index (κ1) is 18.7. The van der Waals surface area contributed by atoms with Crippen LogP contribution in [-0.2, 0) is 13.6 Å². The predicted molar refractivity (Wildman–Crippen MR) is 88.1 cm³/mol. The van der Waals surface area contributed by atoms with Crippen LogP contribution in [0.3, 0.4) is 0 Å². The smallest absolute Gasteiger partial charge is 0.307 e. The summed E-state index contributed by atoms with van der Waals surface area (Å²) in [6.07, 6.45) is -0.685. The molecule has 2 N–H and O–H groups in total. The normalized spacial score (nSPS) is 11.8. The van der Waals surface area contributed by atoms with E-state index in [0.717, 1.165) is 11.1 Å². The summed E-state index contributed by atoms with van der Waals surface area (Å²) in [5.41, 5.74) is 2.51. The van der Waals surface area contributed by atoms with E-state index in [9.17, 15) is 9.36 Å². The van der Waals surface area contributed by atoms with Crippen LogP contribution in [0, 0.1) is 13.8 Å². The van der Waals surface area contributed by atoms with Gasteiger partial charge in [-0.3, -0.25) is 9.05 Å². The second-order valence-electron chi connectivity index (χ2n) is 5.64. The molecule has 22 heavy (non-hydrogen) atoms. The molecule has 0 radical (unpaired) electrons. The quantitative estimate of drug-likeness (QED) is 0.760. The lowest BCUT2D eigenvalue weighted by Crippen LogP contribution is -2.30. The van der Waals surface area contributed by atoms with Crippen LogP contribution in [-0.4, -0.2) is 18.2 Å². The third kappa shape index (κ3) is 5.79. The molecule has 0 fully saturated rings. The zero-order valence-electron chi connectivity index (χ0n) is 14.0. The third-order valence-corrected chi connectivity index (χ3v) is 4.53. The fourth-order valence-electron chi connectivity index (χ4n) is 1.91. The Kier molecular flexibility index (Phi) is 6.60. The van der Waals surface area contributed by atoms with Gasteiger partial charge in [0.15, 0.2) is 0 Å². The fraction of sp³-hybridized carbons (Fsp3) is 0.533. The van der Waals surface area contributed by atoms with Gasteiger partial charge < -0.3 is 5.32 Å². The second-order valence-corrected chi connectivity index (χ2v) is 7.28. The number of benzene rings is 1. The van der Waals surface area contributed by atoms with Gasteiger partial charge >= 0.3 is 13.8 Å². The summed E-state index contributed by atoms with van der Waals surface area (Å²) in [5, 5.41) is 5.02. The first-order valence-corrected chi connectivity index (χ1v) is 8.79. The van der Waals surface area contributed by atoms with E-state index < -0.39 is 13.8 Å². The molecular formula is C15H25N2O4P. The molecule has 0 saturated carbocycles. The minimum absolute atomic E-state index is 0.343. The molecule has 0 aliphatic heterocycles. The van der Waals surface area contributed by atoms with Crippen LogP contribution in [0.1, 0.15) is 38.8 Å². The Morgan fingerprint density at radius 2 is 1.50 bits per heavy atom. The fourth-order valence-corrected chi connectivity index (χ4v) is 3.48. The molecule has 0 saturated heterocycles. The second kappa shape index (κ2) is 7.77. The van der Waals surface area contributed by atoms with E-state index in [2.05, 4.69) is 10.4 Å². The van der Waals surface area contributed by atoms with Crippen molar-refractivity contribution in [3.8, 4) is 0 Å². The number of rotatable bonds is 6. The van der Waals surface area contributed by atoms with Gasteiger partial charge in [-0.05, 0) is 52.7 Å². The molecule has 0 aromatic heterocycles. The minimum atomic E-state index is -3.72. The van der Waals surface area contributed by atoms with E-state index in [1.807, 2.05) is 32.0 Å². The van der Waals surface area contributed by atoms with E-state index in [-0.39, 0.29) is 12.2 Å². The van der Waals surface area contributed by atoms with Crippen LogP contribution in [0.25, 0.3) is 0 Å². The van der Waals surface area contributed by atoms with Crippen LogP contribution in [0.4, 0.5) is 10.5 Å². The summed E-state index contributed by atoms with van der Waals surface area (Å²) in [6.45, 7) is 10.7. The number of hydrogen-bond acceptors (Lipinski definition) is 4. The number of carbonyl (C=O) groups is 1. The number of nitrogens with one attached hydrogen (secondary N) is 2. The van der Waals surface area contributed by atoms with Crippen molar-refractivity contribution in [1.29, 1.82) is 0 Å². The molecule has 1 aromatic carbocycles. The van der Waals surface area contributed by atoms with Gasteiger partial charge in [0, 0.05) is 5.69 Å². The first-order valence-electron chi connectivity index (χ1n) is 7.25. The molecule has 0 unspecified atom stereocenters. The van der Waals surface area contributed by atoms with Crippen LogP contribution in [0.2, 0.25) is 0 Å². The Bertz CT molecular complexity index is 538. The topological polar surface area (TPSA) is 76.7 Å². The molecule has 1 aromatic rings. The summed E-state index contributed by atoms with van der Waals surface area (Å²) < 4.78 is 23.1. The van der Waals surface area contributed by atoms with Crippen molar-refractivity contribution in [2.24, 2.45) is 0 Å².